The molecule has 1 heterocycles. The van der Waals surface area contributed by atoms with Crippen LogP contribution in [0, 0.1) is 5.92 Å². The summed E-state index contributed by atoms with van der Waals surface area (Å²) >= 11 is 18.0. The van der Waals surface area contributed by atoms with Crippen LogP contribution < -0.4 is 4.72 Å². The zero-order valence-electron chi connectivity index (χ0n) is 17.2. The fraction of sp³-hybridized carbons (Fsp3) is 0.478. The number of hydrogen-bond acceptors (Lipinski definition) is 3. The van der Waals surface area contributed by atoms with Crippen LogP contribution in [0.15, 0.2) is 47.4 Å². The van der Waals surface area contributed by atoms with Crippen LogP contribution >= 0.6 is 34.8 Å². The monoisotopic (exact) mass is 500 g/mol. The minimum atomic E-state index is -3.64. The minimum Gasteiger partial charge on any atom is -0.299 e. The van der Waals surface area contributed by atoms with Gasteiger partial charge in [-0.25, -0.2) is 13.1 Å². The molecule has 1 aliphatic heterocycles. The Bertz CT molecular complexity index is 1010. The number of hydrogen-bond donors (Lipinski definition) is 1. The molecule has 1 aliphatic carbocycles. The third-order valence-electron chi connectivity index (χ3n) is 6.54. The van der Waals surface area contributed by atoms with E-state index in [1.54, 1.807) is 0 Å². The second-order valence-corrected chi connectivity index (χ2v) is 11.6. The summed E-state index contributed by atoms with van der Waals surface area (Å²) in [5, 5.41) is 1.37. The SMILES string of the molecule is O=S(=O)(NC1CCCC1N1CCC(Cc2ccc(Cl)cc2)CC1)c1ccc(Cl)c(Cl)c1. The summed E-state index contributed by atoms with van der Waals surface area (Å²) in [6, 6.07) is 12.7. The third-order valence-corrected chi connectivity index (χ3v) is 9.02. The molecule has 168 valence electrons. The van der Waals surface area contributed by atoms with Crippen molar-refractivity contribution in [3.05, 3.63) is 63.1 Å². The molecule has 4 nitrogen and oxygen atoms in total. The number of likely N-dealkylation sites (tertiary alicyclic amines) is 1. The summed E-state index contributed by atoms with van der Waals surface area (Å²) in [4.78, 5) is 2.64. The fourth-order valence-corrected chi connectivity index (χ4v) is 6.69. The van der Waals surface area contributed by atoms with Crippen molar-refractivity contribution in [1.29, 1.82) is 0 Å². The van der Waals surface area contributed by atoms with Crippen LogP contribution in [0.3, 0.4) is 0 Å². The predicted octanol–water partition coefficient (Wildman–Crippen LogP) is 5.80. The lowest BCUT2D eigenvalue weighted by molar-refractivity contribution is 0.122. The number of sulfonamides is 1. The molecule has 2 atom stereocenters. The lowest BCUT2D eigenvalue weighted by atomic mass is 9.89. The summed E-state index contributed by atoms with van der Waals surface area (Å²) in [6.07, 6.45) is 6.25. The van der Waals surface area contributed by atoms with Gasteiger partial charge in [0.25, 0.3) is 0 Å². The van der Waals surface area contributed by atoms with Gasteiger partial charge in [0, 0.05) is 17.1 Å². The Kier molecular flexibility index (Phi) is 7.52. The summed E-state index contributed by atoms with van der Waals surface area (Å²) in [6.45, 7) is 2.02. The lowest BCUT2D eigenvalue weighted by Crippen LogP contribution is -2.51. The van der Waals surface area contributed by atoms with Crippen molar-refractivity contribution in [3.8, 4) is 0 Å². The van der Waals surface area contributed by atoms with E-state index in [0.29, 0.717) is 10.9 Å². The van der Waals surface area contributed by atoms with Gasteiger partial charge in [-0.3, -0.25) is 4.90 Å². The van der Waals surface area contributed by atoms with Crippen molar-refractivity contribution in [3.63, 3.8) is 0 Å². The minimum absolute atomic E-state index is 0.0766. The molecule has 0 aromatic heterocycles. The number of halogens is 3. The maximum Gasteiger partial charge on any atom is 0.240 e. The normalized spacial score (nSPS) is 23.3. The lowest BCUT2D eigenvalue weighted by Gasteiger charge is -2.38. The van der Waals surface area contributed by atoms with Gasteiger partial charge in [0.05, 0.1) is 14.9 Å². The molecule has 2 unspecified atom stereocenters. The highest BCUT2D eigenvalue weighted by Gasteiger charge is 2.36. The van der Waals surface area contributed by atoms with Gasteiger partial charge < -0.3 is 0 Å². The van der Waals surface area contributed by atoms with Crippen LogP contribution in [-0.4, -0.2) is 38.5 Å². The highest BCUT2D eigenvalue weighted by atomic mass is 35.5. The Morgan fingerprint density at radius 3 is 2.29 bits per heavy atom. The van der Waals surface area contributed by atoms with Gasteiger partial charge in [-0.1, -0.05) is 53.4 Å². The number of benzene rings is 2. The smallest absolute Gasteiger partial charge is 0.240 e. The van der Waals surface area contributed by atoms with Gasteiger partial charge in [-0.15, -0.1) is 0 Å². The average Bonchev–Trinajstić information content (AvgIpc) is 3.19. The highest BCUT2D eigenvalue weighted by molar-refractivity contribution is 7.89. The van der Waals surface area contributed by atoms with Crippen molar-refractivity contribution in [2.75, 3.05) is 13.1 Å². The number of nitrogens with one attached hydrogen (secondary N) is 1. The number of rotatable bonds is 6. The molecule has 4 rings (SSSR count). The van der Waals surface area contributed by atoms with E-state index in [4.69, 9.17) is 34.8 Å². The van der Waals surface area contributed by atoms with E-state index in [9.17, 15) is 8.42 Å². The summed E-state index contributed by atoms with van der Waals surface area (Å²) in [5.74, 6) is 0.658. The summed E-state index contributed by atoms with van der Waals surface area (Å²) < 4.78 is 28.8. The molecule has 2 aliphatic rings. The van der Waals surface area contributed by atoms with Crippen LogP contribution in [0.1, 0.15) is 37.7 Å². The first-order valence-electron chi connectivity index (χ1n) is 10.8. The van der Waals surface area contributed by atoms with Gasteiger partial charge in [-0.2, -0.15) is 0 Å². The van der Waals surface area contributed by atoms with Crippen molar-refractivity contribution in [2.24, 2.45) is 5.92 Å². The number of nitrogens with zero attached hydrogens (tertiary/aromatic N) is 1. The van der Waals surface area contributed by atoms with Crippen LogP contribution in [0.5, 0.6) is 0 Å². The van der Waals surface area contributed by atoms with Crippen LogP contribution in [-0.2, 0) is 16.4 Å². The first kappa shape index (κ1) is 23.3. The molecular formula is C23H27Cl3N2O2S. The molecule has 1 N–H and O–H groups in total. The zero-order chi connectivity index (χ0) is 22.0. The standard InChI is InChI=1S/C23H27Cl3N2O2S/c24-18-6-4-16(5-7-18)14-17-10-12-28(13-11-17)23-3-1-2-22(23)27-31(29,30)19-8-9-20(25)21(26)15-19/h4-9,15,17,22-23,27H,1-3,10-14H2. The van der Waals surface area contributed by atoms with E-state index in [0.717, 1.165) is 56.6 Å². The topological polar surface area (TPSA) is 49.4 Å². The van der Waals surface area contributed by atoms with Crippen LogP contribution in [0.2, 0.25) is 15.1 Å². The molecule has 31 heavy (non-hydrogen) atoms. The average molecular weight is 502 g/mol. The Morgan fingerprint density at radius 1 is 0.903 bits per heavy atom. The van der Waals surface area contributed by atoms with Crippen molar-refractivity contribution >= 4 is 44.8 Å². The van der Waals surface area contributed by atoms with Gasteiger partial charge >= 0.3 is 0 Å². The van der Waals surface area contributed by atoms with E-state index < -0.39 is 10.0 Å². The maximum atomic E-state index is 12.9. The van der Waals surface area contributed by atoms with E-state index in [2.05, 4.69) is 21.8 Å². The summed E-state index contributed by atoms with van der Waals surface area (Å²) in [7, 11) is -3.64. The van der Waals surface area contributed by atoms with Gasteiger partial charge in [0.1, 0.15) is 0 Å². The van der Waals surface area contributed by atoms with Crippen LogP contribution in [0.25, 0.3) is 0 Å². The van der Waals surface area contributed by atoms with E-state index in [-0.39, 0.29) is 22.0 Å². The Morgan fingerprint density at radius 2 is 1.61 bits per heavy atom. The molecular weight excluding hydrogens is 475 g/mol. The van der Waals surface area contributed by atoms with E-state index in [1.807, 2.05) is 12.1 Å². The Balaban J connectivity index is 1.35. The van der Waals surface area contributed by atoms with Crippen molar-refractivity contribution in [1.82, 2.24) is 9.62 Å². The quantitative estimate of drug-likeness (QED) is 0.544. The molecule has 1 saturated heterocycles. The van der Waals surface area contributed by atoms with Gasteiger partial charge in [0.15, 0.2) is 0 Å². The fourth-order valence-electron chi connectivity index (χ4n) is 4.87. The molecule has 8 heteroatoms. The first-order chi connectivity index (χ1) is 14.8. The Labute approximate surface area is 199 Å². The van der Waals surface area contributed by atoms with Gasteiger partial charge in [-0.05, 0) is 87.0 Å². The molecule has 1 saturated carbocycles. The van der Waals surface area contributed by atoms with Crippen molar-refractivity contribution in [2.45, 2.75) is 55.5 Å². The molecule has 2 aromatic rings. The predicted molar refractivity (Wildman–Crippen MR) is 128 cm³/mol. The van der Waals surface area contributed by atoms with Crippen molar-refractivity contribution < 1.29 is 8.42 Å². The highest BCUT2D eigenvalue weighted by Crippen LogP contribution is 2.31. The zero-order valence-corrected chi connectivity index (χ0v) is 20.3. The Hall–Kier alpha value is -0.820. The maximum absolute atomic E-state index is 12.9. The molecule has 0 radical (unpaired) electrons. The second kappa shape index (κ2) is 9.98. The molecule has 0 bridgehead atoms. The van der Waals surface area contributed by atoms with E-state index >= 15 is 0 Å². The summed E-state index contributed by atoms with van der Waals surface area (Å²) in [5.41, 5.74) is 1.33. The van der Waals surface area contributed by atoms with Gasteiger partial charge in [0.2, 0.25) is 10.0 Å². The molecule has 2 aromatic carbocycles. The van der Waals surface area contributed by atoms with E-state index in [1.165, 1.54) is 23.8 Å². The number of piperidine rings is 1. The first-order valence-corrected chi connectivity index (χ1v) is 13.4. The second-order valence-electron chi connectivity index (χ2n) is 8.61. The molecule has 2 fully saturated rings. The molecule has 0 spiro atoms. The largest absolute Gasteiger partial charge is 0.299 e. The van der Waals surface area contributed by atoms with Crippen LogP contribution in [0.4, 0.5) is 0 Å². The third kappa shape index (κ3) is 5.76. The molecule has 0 amide bonds.